The Morgan fingerprint density at radius 3 is 2.91 bits per heavy atom. The Bertz CT molecular complexity index is 598. The number of fused-ring (bicyclic) bond motifs is 1. The first kappa shape index (κ1) is 15.8. The summed E-state index contributed by atoms with van der Waals surface area (Å²) < 4.78 is 0. The minimum atomic E-state index is -0.482. The Morgan fingerprint density at radius 1 is 1.43 bits per heavy atom. The van der Waals surface area contributed by atoms with Gasteiger partial charge in [-0.15, -0.1) is 0 Å². The maximum absolute atomic E-state index is 12.9. The minimum absolute atomic E-state index is 0.0795. The third-order valence-corrected chi connectivity index (χ3v) is 4.76. The van der Waals surface area contributed by atoms with Crippen molar-refractivity contribution in [2.45, 2.75) is 38.8 Å². The van der Waals surface area contributed by atoms with Crippen molar-refractivity contribution in [3.8, 4) is 0 Å². The predicted molar refractivity (Wildman–Crippen MR) is 90.6 cm³/mol. The maximum Gasteiger partial charge on any atom is 0.322 e. The SMILES string of the molecule is CCC(C)C1C(=O)Nc2ccccc2N1C(=O)NC1CCNC1. The Labute approximate surface area is 136 Å². The van der Waals surface area contributed by atoms with Crippen molar-refractivity contribution < 1.29 is 9.59 Å². The Morgan fingerprint density at radius 2 is 2.22 bits per heavy atom. The van der Waals surface area contributed by atoms with E-state index in [1.54, 1.807) is 4.90 Å². The Kier molecular flexibility index (Phi) is 4.52. The van der Waals surface area contributed by atoms with Gasteiger partial charge in [-0.1, -0.05) is 32.4 Å². The first-order chi connectivity index (χ1) is 11.1. The number of hydrogen-bond donors (Lipinski definition) is 3. The topological polar surface area (TPSA) is 73.5 Å². The van der Waals surface area contributed by atoms with E-state index in [1.807, 2.05) is 38.1 Å². The highest BCUT2D eigenvalue weighted by Gasteiger charge is 2.40. The van der Waals surface area contributed by atoms with E-state index >= 15 is 0 Å². The van der Waals surface area contributed by atoms with Crippen LogP contribution in [0.1, 0.15) is 26.7 Å². The molecule has 0 spiro atoms. The molecule has 0 radical (unpaired) electrons. The van der Waals surface area contributed by atoms with Crippen LogP contribution in [-0.4, -0.2) is 37.1 Å². The molecule has 3 rings (SSSR count). The van der Waals surface area contributed by atoms with Gasteiger partial charge in [-0.3, -0.25) is 9.69 Å². The van der Waals surface area contributed by atoms with E-state index in [0.717, 1.165) is 31.6 Å². The Balaban J connectivity index is 1.93. The number of anilines is 2. The predicted octanol–water partition coefficient (Wildman–Crippen LogP) is 1.93. The number of urea groups is 1. The van der Waals surface area contributed by atoms with Crippen LogP contribution >= 0.6 is 0 Å². The van der Waals surface area contributed by atoms with Gasteiger partial charge < -0.3 is 16.0 Å². The molecular weight excluding hydrogens is 292 g/mol. The van der Waals surface area contributed by atoms with Crippen molar-refractivity contribution in [2.75, 3.05) is 23.3 Å². The van der Waals surface area contributed by atoms with Gasteiger partial charge in [-0.2, -0.15) is 0 Å². The van der Waals surface area contributed by atoms with Crippen molar-refractivity contribution in [1.29, 1.82) is 0 Å². The molecule has 0 aromatic heterocycles. The first-order valence-corrected chi connectivity index (χ1v) is 8.32. The number of benzene rings is 1. The van der Waals surface area contributed by atoms with Crippen LogP contribution in [0.3, 0.4) is 0 Å². The van der Waals surface area contributed by atoms with Gasteiger partial charge in [0.05, 0.1) is 11.4 Å². The van der Waals surface area contributed by atoms with Crippen molar-refractivity contribution in [3.05, 3.63) is 24.3 Å². The standard InChI is InChI=1S/C17H24N4O2/c1-3-11(2)15-16(22)20-13-6-4-5-7-14(13)21(15)17(23)19-12-8-9-18-10-12/h4-7,11-12,15,18H,3,8-10H2,1-2H3,(H,19,23)(H,20,22). The quantitative estimate of drug-likeness (QED) is 0.798. The lowest BCUT2D eigenvalue weighted by Crippen LogP contribution is -2.58. The van der Waals surface area contributed by atoms with Crippen molar-refractivity contribution in [2.24, 2.45) is 5.92 Å². The molecule has 23 heavy (non-hydrogen) atoms. The molecule has 1 aromatic carbocycles. The molecule has 3 unspecified atom stereocenters. The maximum atomic E-state index is 12.9. The van der Waals surface area contributed by atoms with Crippen LogP contribution in [0.2, 0.25) is 0 Å². The number of nitrogens with one attached hydrogen (secondary N) is 3. The van der Waals surface area contributed by atoms with E-state index in [-0.39, 0.29) is 23.9 Å². The van der Waals surface area contributed by atoms with E-state index in [9.17, 15) is 9.59 Å². The fourth-order valence-corrected chi connectivity index (χ4v) is 3.26. The zero-order valence-corrected chi connectivity index (χ0v) is 13.6. The molecule has 2 aliphatic heterocycles. The molecule has 0 saturated carbocycles. The van der Waals surface area contributed by atoms with Gasteiger partial charge in [0.15, 0.2) is 0 Å². The summed E-state index contributed by atoms with van der Waals surface area (Å²) in [4.78, 5) is 27.1. The summed E-state index contributed by atoms with van der Waals surface area (Å²) in [6.07, 6.45) is 1.75. The summed E-state index contributed by atoms with van der Waals surface area (Å²) in [5.74, 6) is -0.0337. The van der Waals surface area contributed by atoms with Crippen LogP contribution < -0.4 is 20.9 Å². The van der Waals surface area contributed by atoms with Crippen molar-refractivity contribution in [1.82, 2.24) is 10.6 Å². The van der Waals surface area contributed by atoms with Crippen LogP contribution in [0.25, 0.3) is 0 Å². The zero-order valence-electron chi connectivity index (χ0n) is 13.6. The summed E-state index contributed by atoms with van der Waals surface area (Å²) in [5.41, 5.74) is 1.46. The number of para-hydroxylation sites is 2. The molecule has 0 bridgehead atoms. The summed E-state index contributed by atoms with van der Waals surface area (Å²) in [6.45, 7) is 5.74. The van der Waals surface area contributed by atoms with E-state index in [0.29, 0.717) is 5.69 Å². The summed E-state index contributed by atoms with van der Waals surface area (Å²) in [6, 6.07) is 6.92. The van der Waals surface area contributed by atoms with Gasteiger partial charge in [0.2, 0.25) is 5.91 Å². The molecule has 1 saturated heterocycles. The molecule has 2 heterocycles. The minimum Gasteiger partial charge on any atom is -0.334 e. The highest BCUT2D eigenvalue weighted by molar-refractivity contribution is 6.11. The molecule has 0 aliphatic carbocycles. The molecule has 124 valence electrons. The number of nitrogens with zero attached hydrogens (tertiary/aromatic N) is 1. The average Bonchev–Trinajstić information content (AvgIpc) is 3.05. The molecular formula is C17H24N4O2. The summed E-state index contributed by atoms with van der Waals surface area (Å²) in [5, 5.41) is 9.24. The third kappa shape index (κ3) is 3.03. The van der Waals surface area contributed by atoms with Crippen molar-refractivity contribution >= 4 is 23.3 Å². The molecule has 6 heteroatoms. The highest BCUT2D eigenvalue weighted by atomic mass is 16.2. The first-order valence-electron chi connectivity index (χ1n) is 8.32. The normalized spacial score (nSPS) is 24.8. The fraction of sp³-hybridized carbons (Fsp3) is 0.529. The molecule has 1 aromatic rings. The van der Waals surface area contributed by atoms with E-state index in [1.165, 1.54) is 0 Å². The van der Waals surface area contributed by atoms with Gasteiger partial charge >= 0.3 is 6.03 Å². The number of amides is 3. The lowest BCUT2D eigenvalue weighted by atomic mass is 9.94. The number of rotatable bonds is 3. The zero-order chi connectivity index (χ0) is 16.4. The summed E-state index contributed by atoms with van der Waals surface area (Å²) in [7, 11) is 0. The van der Waals surface area contributed by atoms with Crippen LogP contribution in [0, 0.1) is 5.92 Å². The smallest absolute Gasteiger partial charge is 0.322 e. The van der Waals surface area contributed by atoms with Crippen LogP contribution in [0.15, 0.2) is 24.3 Å². The van der Waals surface area contributed by atoms with E-state index < -0.39 is 6.04 Å². The lowest BCUT2D eigenvalue weighted by molar-refractivity contribution is -0.118. The van der Waals surface area contributed by atoms with E-state index in [2.05, 4.69) is 16.0 Å². The average molecular weight is 316 g/mol. The molecule has 3 amide bonds. The van der Waals surface area contributed by atoms with Gasteiger partial charge in [-0.25, -0.2) is 4.79 Å². The van der Waals surface area contributed by atoms with Gasteiger partial charge in [0, 0.05) is 12.6 Å². The largest absolute Gasteiger partial charge is 0.334 e. The second kappa shape index (κ2) is 6.58. The lowest BCUT2D eigenvalue weighted by Gasteiger charge is -2.39. The third-order valence-electron chi connectivity index (χ3n) is 4.76. The van der Waals surface area contributed by atoms with E-state index in [4.69, 9.17) is 0 Å². The Hall–Kier alpha value is -2.08. The molecule has 3 atom stereocenters. The van der Waals surface area contributed by atoms with Crippen LogP contribution in [-0.2, 0) is 4.79 Å². The molecule has 2 aliphatic rings. The van der Waals surface area contributed by atoms with Gasteiger partial charge in [0.25, 0.3) is 0 Å². The number of hydrogen-bond acceptors (Lipinski definition) is 3. The number of carbonyl (C=O) groups is 2. The van der Waals surface area contributed by atoms with Crippen molar-refractivity contribution in [3.63, 3.8) is 0 Å². The van der Waals surface area contributed by atoms with Gasteiger partial charge in [0.1, 0.15) is 6.04 Å². The number of carbonyl (C=O) groups excluding carboxylic acids is 2. The van der Waals surface area contributed by atoms with Crippen LogP contribution in [0.5, 0.6) is 0 Å². The van der Waals surface area contributed by atoms with Gasteiger partial charge in [-0.05, 0) is 31.0 Å². The second-order valence-corrected chi connectivity index (χ2v) is 6.35. The molecule has 1 fully saturated rings. The summed E-state index contributed by atoms with van der Waals surface area (Å²) >= 11 is 0. The second-order valence-electron chi connectivity index (χ2n) is 6.35. The highest BCUT2D eigenvalue weighted by Crippen LogP contribution is 2.34. The fourth-order valence-electron chi connectivity index (χ4n) is 3.26. The van der Waals surface area contributed by atoms with Crippen LogP contribution in [0.4, 0.5) is 16.2 Å². The monoisotopic (exact) mass is 316 g/mol. The molecule has 6 nitrogen and oxygen atoms in total. The molecule has 3 N–H and O–H groups in total.